The minimum atomic E-state index is -4.32. The summed E-state index contributed by atoms with van der Waals surface area (Å²) >= 11 is 0. The molecule has 0 saturated carbocycles. The van der Waals surface area contributed by atoms with Crippen LogP contribution in [0.15, 0.2) is 53.6 Å². The number of ether oxygens (including phenoxy) is 2. The molecule has 2 heterocycles. The summed E-state index contributed by atoms with van der Waals surface area (Å²) in [5.74, 6) is -0.936. The van der Waals surface area contributed by atoms with E-state index >= 15 is 0 Å². The van der Waals surface area contributed by atoms with Crippen molar-refractivity contribution in [1.29, 1.82) is 0 Å². The molecule has 9 nitrogen and oxygen atoms in total. The molecule has 0 aliphatic rings. The van der Waals surface area contributed by atoms with E-state index in [1.54, 1.807) is 13.0 Å². The Balaban J connectivity index is 1.99. The van der Waals surface area contributed by atoms with E-state index in [1.165, 1.54) is 42.5 Å². The maximum Gasteiger partial charge on any atom is 0.281 e. The quantitative estimate of drug-likeness (QED) is 0.393. The largest absolute Gasteiger partial charge is 0.493 e. The van der Waals surface area contributed by atoms with Gasteiger partial charge in [-0.3, -0.25) is 4.79 Å². The average Bonchev–Trinajstić information content (AvgIpc) is 2.82. The van der Waals surface area contributed by atoms with E-state index in [2.05, 4.69) is 9.97 Å². The van der Waals surface area contributed by atoms with Crippen LogP contribution in [-0.4, -0.2) is 37.0 Å². The maximum absolute atomic E-state index is 14.4. The Morgan fingerprint density at radius 1 is 1.05 bits per heavy atom. The van der Waals surface area contributed by atoms with E-state index in [4.69, 9.17) is 15.2 Å². The summed E-state index contributed by atoms with van der Waals surface area (Å²) in [6.45, 7) is 10.0. The number of nitrogen functional groups attached to an aromatic ring is 1. The van der Waals surface area contributed by atoms with Crippen molar-refractivity contribution in [2.24, 2.45) is 11.8 Å². The SMILES string of the molecule is CC(C)COc1cc(F)cc(-c2ccc(C(=O)NS(=O)(=O)c3cccc(N)n3)c(OC(C)C(C)C)n2)c1. The standard InChI is InChI=1S/C26H31FN4O5S/c1-15(2)14-35-20-12-18(11-19(27)13-20)22-10-9-21(26(29-22)36-17(5)16(3)4)25(32)31-37(33,34)24-8-6-7-23(28)30-24/h6-13,15-17H,14H2,1-5H3,(H2,28,30)(H,31,32). The molecule has 3 aromatic rings. The van der Waals surface area contributed by atoms with Gasteiger partial charge in [0.2, 0.25) is 5.88 Å². The van der Waals surface area contributed by atoms with Crippen molar-refractivity contribution < 1.29 is 27.1 Å². The molecule has 37 heavy (non-hydrogen) atoms. The van der Waals surface area contributed by atoms with Crippen LogP contribution in [0.1, 0.15) is 45.0 Å². The van der Waals surface area contributed by atoms with Crippen LogP contribution in [0.4, 0.5) is 10.2 Å². The first-order valence-electron chi connectivity index (χ1n) is 11.8. The summed E-state index contributed by atoms with van der Waals surface area (Å²) < 4.78 is 53.4. The highest BCUT2D eigenvalue weighted by Crippen LogP contribution is 2.29. The first-order chi connectivity index (χ1) is 17.4. The molecule has 0 aliphatic carbocycles. The van der Waals surface area contributed by atoms with Crippen LogP contribution in [0.2, 0.25) is 0 Å². The van der Waals surface area contributed by atoms with Gasteiger partial charge < -0.3 is 15.2 Å². The normalized spacial score (nSPS) is 12.4. The van der Waals surface area contributed by atoms with Crippen molar-refractivity contribution >= 4 is 21.7 Å². The molecular weight excluding hydrogens is 499 g/mol. The number of aromatic nitrogens is 2. The number of hydrogen-bond acceptors (Lipinski definition) is 8. The number of pyridine rings is 2. The number of nitrogens with zero attached hydrogens (tertiary/aromatic N) is 2. The van der Waals surface area contributed by atoms with Gasteiger partial charge >= 0.3 is 0 Å². The maximum atomic E-state index is 14.4. The Kier molecular flexibility index (Phi) is 8.69. The van der Waals surface area contributed by atoms with Gasteiger partial charge in [-0.15, -0.1) is 0 Å². The molecule has 0 bridgehead atoms. The number of carbonyl (C=O) groups excluding carboxylic acids is 1. The number of carbonyl (C=O) groups is 1. The van der Waals surface area contributed by atoms with E-state index in [0.717, 1.165) is 0 Å². The summed E-state index contributed by atoms with van der Waals surface area (Å²) in [7, 11) is -4.32. The summed E-state index contributed by atoms with van der Waals surface area (Å²) in [5.41, 5.74) is 6.19. The van der Waals surface area contributed by atoms with E-state index in [9.17, 15) is 17.6 Å². The number of nitrogens with one attached hydrogen (secondary N) is 1. The number of nitrogens with two attached hydrogens (primary N) is 1. The summed E-state index contributed by atoms with van der Waals surface area (Å²) in [6, 6.07) is 11.1. The van der Waals surface area contributed by atoms with Gasteiger partial charge in [0.15, 0.2) is 5.03 Å². The van der Waals surface area contributed by atoms with Crippen LogP contribution in [0.25, 0.3) is 11.3 Å². The highest BCUT2D eigenvalue weighted by Gasteiger charge is 2.25. The van der Waals surface area contributed by atoms with Crippen LogP contribution in [-0.2, 0) is 10.0 Å². The van der Waals surface area contributed by atoms with E-state index in [1.807, 2.05) is 32.4 Å². The highest BCUT2D eigenvalue weighted by molar-refractivity contribution is 7.90. The molecule has 1 atom stereocenters. The molecule has 1 unspecified atom stereocenters. The number of rotatable bonds is 10. The number of amides is 1. The lowest BCUT2D eigenvalue weighted by molar-refractivity contribution is 0.0968. The second-order valence-corrected chi connectivity index (χ2v) is 11.0. The fourth-order valence-electron chi connectivity index (χ4n) is 3.04. The van der Waals surface area contributed by atoms with Gasteiger partial charge in [0, 0.05) is 11.6 Å². The molecule has 1 amide bonds. The molecule has 0 saturated heterocycles. The molecule has 0 spiro atoms. The van der Waals surface area contributed by atoms with E-state index in [0.29, 0.717) is 23.6 Å². The van der Waals surface area contributed by atoms with Crippen molar-refractivity contribution in [3.05, 3.63) is 59.9 Å². The lowest BCUT2D eigenvalue weighted by Crippen LogP contribution is -2.32. The third-order valence-electron chi connectivity index (χ3n) is 5.34. The Bertz CT molecular complexity index is 1380. The molecule has 11 heteroatoms. The van der Waals surface area contributed by atoms with Crippen molar-refractivity contribution in [1.82, 2.24) is 14.7 Å². The first-order valence-corrected chi connectivity index (χ1v) is 13.2. The molecular formula is C26H31FN4O5S. The predicted molar refractivity (Wildman–Crippen MR) is 138 cm³/mol. The molecule has 0 radical (unpaired) electrons. The van der Waals surface area contributed by atoms with E-state index < -0.39 is 26.8 Å². The van der Waals surface area contributed by atoms with Gasteiger partial charge in [-0.05, 0) is 55.2 Å². The van der Waals surface area contributed by atoms with Crippen LogP contribution < -0.4 is 19.9 Å². The van der Waals surface area contributed by atoms with Crippen LogP contribution in [0, 0.1) is 17.7 Å². The Morgan fingerprint density at radius 2 is 1.78 bits per heavy atom. The number of benzene rings is 1. The van der Waals surface area contributed by atoms with Crippen LogP contribution in [0.5, 0.6) is 11.6 Å². The minimum absolute atomic E-state index is 0.0111. The van der Waals surface area contributed by atoms with E-state index in [-0.39, 0.29) is 35.2 Å². The molecule has 2 aromatic heterocycles. The smallest absolute Gasteiger partial charge is 0.281 e. The number of halogens is 1. The Morgan fingerprint density at radius 3 is 2.43 bits per heavy atom. The number of anilines is 1. The van der Waals surface area contributed by atoms with Gasteiger partial charge in [0.05, 0.1) is 18.4 Å². The van der Waals surface area contributed by atoms with Crippen molar-refractivity contribution in [2.75, 3.05) is 12.3 Å². The molecule has 0 aliphatic heterocycles. The third-order valence-corrected chi connectivity index (χ3v) is 6.57. The zero-order valence-corrected chi connectivity index (χ0v) is 22.2. The van der Waals surface area contributed by atoms with Gasteiger partial charge in [0.1, 0.15) is 22.9 Å². The highest BCUT2D eigenvalue weighted by atomic mass is 32.2. The second kappa shape index (κ2) is 11.5. The number of sulfonamides is 1. The van der Waals surface area contributed by atoms with Gasteiger partial charge in [-0.2, -0.15) is 8.42 Å². The van der Waals surface area contributed by atoms with Gasteiger partial charge in [-0.1, -0.05) is 33.8 Å². The Hall–Kier alpha value is -3.73. The minimum Gasteiger partial charge on any atom is -0.493 e. The topological polar surface area (TPSA) is 134 Å². The Labute approximate surface area is 216 Å². The zero-order valence-electron chi connectivity index (χ0n) is 21.4. The first kappa shape index (κ1) is 27.9. The lowest BCUT2D eigenvalue weighted by atomic mass is 10.1. The summed E-state index contributed by atoms with van der Waals surface area (Å²) in [6.07, 6.45) is -0.362. The fourth-order valence-corrected chi connectivity index (χ4v) is 3.98. The predicted octanol–water partition coefficient (Wildman–Crippen LogP) is 4.44. The molecule has 3 rings (SSSR count). The third kappa shape index (κ3) is 7.39. The number of hydrogen-bond donors (Lipinski definition) is 2. The second-order valence-electron chi connectivity index (χ2n) is 9.33. The van der Waals surface area contributed by atoms with Crippen LogP contribution >= 0.6 is 0 Å². The van der Waals surface area contributed by atoms with Gasteiger partial charge in [0.25, 0.3) is 15.9 Å². The zero-order chi connectivity index (χ0) is 27.3. The fraction of sp³-hybridized carbons (Fsp3) is 0.346. The summed E-state index contributed by atoms with van der Waals surface area (Å²) in [5, 5.41) is -0.405. The molecule has 0 fully saturated rings. The van der Waals surface area contributed by atoms with Crippen molar-refractivity contribution in [3.63, 3.8) is 0 Å². The van der Waals surface area contributed by atoms with Crippen LogP contribution in [0.3, 0.4) is 0 Å². The molecule has 3 N–H and O–H groups in total. The lowest BCUT2D eigenvalue weighted by Gasteiger charge is -2.20. The summed E-state index contributed by atoms with van der Waals surface area (Å²) in [4.78, 5) is 21.3. The van der Waals surface area contributed by atoms with Crippen molar-refractivity contribution in [2.45, 2.75) is 45.7 Å². The average molecular weight is 531 g/mol. The monoisotopic (exact) mass is 530 g/mol. The van der Waals surface area contributed by atoms with Crippen molar-refractivity contribution in [3.8, 4) is 22.9 Å². The molecule has 1 aromatic carbocycles. The van der Waals surface area contributed by atoms with Gasteiger partial charge in [-0.25, -0.2) is 19.1 Å². The molecule has 198 valence electrons.